The number of nitrogens with one attached hydrogen (secondary N) is 1. The Hall–Kier alpha value is -0.610. The Kier molecular flexibility index (Phi) is 1.58. The van der Waals surface area contributed by atoms with Crippen LogP contribution < -0.4 is 0 Å². The maximum absolute atomic E-state index is 5.57. The number of aromatic nitrogens is 3. The highest BCUT2D eigenvalue weighted by Gasteiger charge is 2.01. The minimum Gasteiger partial charge on any atom is -0.345 e. The lowest BCUT2D eigenvalue weighted by atomic mass is 10.4. The van der Waals surface area contributed by atoms with E-state index in [1.54, 1.807) is 12.4 Å². The van der Waals surface area contributed by atoms with E-state index in [0.29, 0.717) is 0 Å². The molecule has 0 aromatic carbocycles. The summed E-state index contributed by atoms with van der Waals surface area (Å²) in [6.45, 7) is 0. The zero-order valence-electron chi connectivity index (χ0n) is 5.31. The van der Waals surface area contributed by atoms with Crippen molar-refractivity contribution in [2.24, 2.45) is 0 Å². The maximum Gasteiger partial charge on any atom is 0.224 e. The van der Waals surface area contributed by atoms with Crippen molar-refractivity contribution in [1.29, 1.82) is 0 Å². The molecule has 2 heterocycles. The van der Waals surface area contributed by atoms with Crippen molar-refractivity contribution < 1.29 is 0 Å². The molecule has 0 unspecified atom stereocenters. The van der Waals surface area contributed by atoms with Crippen LogP contribution in [-0.2, 0) is 0 Å². The molecule has 0 atom stereocenters. The molecule has 1 N–H and O–H groups in total. The van der Waals surface area contributed by atoms with Gasteiger partial charge in [0.1, 0.15) is 5.65 Å². The first-order valence-corrected chi connectivity index (χ1v) is 4.09. The lowest BCUT2D eigenvalue weighted by Crippen LogP contribution is -1.80. The average Bonchev–Trinajstić information content (AvgIpc) is 2.32. The van der Waals surface area contributed by atoms with Crippen molar-refractivity contribution in [2.75, 3.05) is 0 Å². The van der Waals surface area contributed by atoms with E-state index < -0.39 is 0 Å². The van der Waals surface area contributed by atoms with E-state index in [9.17, 15) is 0 Å². The summed E-state index contributed by atoms with van der Waals surface area (Å²) in [4.78, 5) is 10.8. The van der Waals surface area contributed by atoms with E-state index in [-0.39, 0.29) is 5.28 Å². The summed E-state index contributed by atoms with van der Waals surface area (Å²) in [5, 5.41) is 1.20. The van der Waals surface area contributed by atoms with Gasteiger partial charge in [0.25, 0.3) is 0 Å². The second-order valence-corrected chi connectivity index (χ2v) is 3.23. The van der Waals surface area contributed by atoms with Gasteiger partial charge in [-0.2, -0.15) is 4.98 Å². The summed E-state index contributed by atoms with van der Waals surface area (Å²) in [5.74, 6) is 0. The topological polar surface area (TPSA) is 41.6 Å². The van der Waals surface area contributed by atoms with Crippen LogP contribution in [0.2, 0.25) is 5.28 Å². The van der Waals surface area contributed by atoms with Crippen molar-refractivity contribution in [2.45, 2.75) is 0 Å². The monoisotopic (exact) mass is 231 g/mol. The molecule has 0 aliphatic heterocycles. The summed E-state index contributed by atoms with van der Waals surface area (Å²) in [5.41, 5.74) is 0.747. The normalized spacial score (nSPS) is 10.7. The van der Waals surface area contributed by atoms with E-state index >= 15 is 0 Å². The first-order valence-electron chi connectivity index (χ1n) is 2.92. The van der Waals surface area contributed by atoms with Gasteiger partial charge in [-0.05, 0) is 27.5 Å². The third kappa shape index (κ3) is 1.12. The third-order valence-electron chi connectivity index (χ3n) is 1.35. The van der Waals surface area contributed by atoms with Crippen LogP contribution in [0.4, 0.5) is 0 Å². The molecule has 0 bridgehead atoms. The molecule has 0 saturated carbocycles. The molecule has 3 nitrogen and oxygen atoms in total. The van der Waals surface area contributed by atoms with Crippen LogP contribution in [0.5, 0.6) is 0 Å². The van der Waals surface area contributed by atoms with Gasteiger partial charge in [0.05, 0.1) is 5.39 Å². The highest BCUT2D eigenvalue weighted by atomic mass is 79.9. The van der Waals surface area contributed by atoms with Crippen molar-refractivity contribution in [3.8, 4) is 0 Å². The number of halogens is 2. The Bertz CT molecular complexity index is 398. The van der Waals surface area contributed by atoms with E-state index in [2.05, 4.69) is 30.9 Å². The van der Waals surface area contributed by atoms with E-state index in [0.717, 1.165) is 15.5 Å². The molecule has 56 valence electrons. The Balaban J connectivity index is 2.86. The van der Waals surface area contributed by atoms with Gasteiger partial charge in [0.2, 0.25) is 5.28 Å². The molecule has 0 amide bonds. The van der Waals surface area contributed by atoms with Crippen LogP contribution in [0, 0.1) is 0 Å². The maximum atomic E-state index is 5.57. The zero-order valence-corrected chi connectivity index (χ0v) is 7.65. The summed E-state index contributed by atoms with van der Waals surface area (Å²) in [7, 11) is 0. The predicted octanol–water partition coefficient (Wildman–Crippen LogP) is 2.37. The molecule has 11 heavy (non-hydrogen) atoms. The largest absolute Gasteiger partial charge is 0.345 e. The molecule has 0 aliphatic carbocycles. The number of hydrogen-bond donors (Lipinski definition) is 1. The fraction of sp³-hybridized carbons (Fsp3) is 0. The third-order valence-corrected chi connectivity index (χ3v) is 2.19. The van der Waals surface area contributed by atoms with Gasteiger partial charge in [-0.1, -0.05) is 0 Å². The quantitative estimate of drug-likeness (QED) is 0.709. The van der Waals surface area contributed by atoms with Crippen LogP contribution in [-0.4, -0.2) is 15.0 Å². The van der Waals surface area contributed by atoms with Gasteiger partial charge in [-0.15, -0.1) is 0 Å². The second kappa shape index (κ2) is 2.46. The minimum atomic E-state index is 0.256. The molecular formula is C6H3BrClN3. The number of nitrogens with zero attached hydrogens (tertiary/aromatic N) is 2. The summed E-state index contributed by atoms with van der Waals surface area (Å²) >= 11 is 8.91. The average molecular weight is 232 g/mol. The van der Waals surface area contributed by atoms with Gasteiger partial charge in [0.15, 0.2) is 0 Å². The Morgan fingerprint density at radius 2 is 2.36 bits per heavy atom. The number of rotatable bonds is 0. The lowest BCUT2D eigenvalue weighted by molar-refractivity contribution is 1.20. The van der Waals surface area contributed by atoms with Gasteiger partial charge in [-0.3, -0.25) is 0 Å². The Morgan fingerprint density at radius 3 is 3.18 bits per heavy atom. The fourth-order valence-corrected chi connectivity index (χ4v) is 1.39. The number of hydrogen-bond acceptors (Lipinski definition) is 2. The Labute approximate surface area is 75.9 Å². The van der Waals surface area contributed by atoms with Gasteiger partial charge in [-0.25, -0.2) is 4.98 Å². The van der Waals surface area contributed by atoms with Crippen molar-refractivity contribution >= 4 is 38.6 Å². The second-order valence-electron chi connectivity index (χ2n) is 2.04. The first-order chi connectivity index (χ1) is 5.27. The van der Waals surface area contributed by atoms with Gasteiger partial charge < -0.3 is 4.98 Å². The Morgan fingerprint density at radius 1 is 1.55 bits per heavy atom. The summed E-state index contributed by atoms with van der Waals surface area (Å²) < 4.78 is 0.948. The minimum absolute atomic E-state index is 0.256. The van der Waals surface area contributed by atoms with Crippen LogP contribution in [0.1, 0.15) is 0 Å². The van der Waals surface area contributed by atoms with E-state index in [4.69, 9.17) is 11.6 Å². The zero-order chi connectivity index (χ0) is 7.84. The molecule has 0 saturated heterocycles. The number of fused-ring (bicyclic) bond motifs is 1. The molecule has 0 aliphatic rings. The highest BCUT2D eigenvalue weighted by molar-refractivity contribution is 9.10. The lowest BCUT2D eigenvalue weighted by Gasteiger charge is -1.88. The SMILES string of the molecule is Clc1ncc2c(Br)c[nH]c2n1. The number of H-pyrrole nitrogens is 1. The molecule has 2 rings (SSSR count). The fourth-order valence-electron chi connectivity index (χ4n) is 0.855. The van der Waals surface area contributed by atoms with Crippen molar-refractivity contribution in [3.63, 3.8) is 0 Å². The van der Waals surface area contributed by atoms with Crippen LogP contribution >= 0.6 is 27.5 Å². The van der Waals surface area contributed by atoms with Crippen LogP contribution in [0.15, 0.2) is 16.9 Å². The highest BCUT2D eigenvalue weighted by Crippen LogP contribution is 2.21. The number of aromatic amines is 1. The smallest absolute Gasteiger partial charge is 0.224 e. The predicted molar refractivity (Wildman–Crippen MR) is 46.6 cm³/mol. The molecule has 2 aromatic rings. The molecule has 0 radical (unpaired) electrons. The first kappa shape index (κ1) is 7.06. The van der Waals surface area contributed by atoms with Crippen molar-refractivity contribution in [1.82, 2.24) is 15.0 Å². The molecular weight excluding hydrogens is 229 g/mol. The van der Waals surface area contributed by atoms with Gasteiger partial charge in [0, 0.05) is 16.9 Å². The molecule has 5 heteroatoms. The summed E-state index contributed by atoms with van der Waals surface area (Å²) in [6.07, 6.45) is 3.47. The van der Waals surface area contributed by atoms with Crippen LogP contribution in [0.25, 0.3) is 11.0 Å². The molecule has 0 spiro atoms. The standard InChI is InChI=1S/C6H3BrClN3/c7-4-2-9-5-3(4)1-10-6(8)11-5/h1-2H,(H,9,10,11). The molecule has 0 fully saturated rings. The van der Waals surface area contributed by atoms with E-state index in [1.165, 1.54) is 0 Å². The van der Waals surface area contributed by atoms with Gasteiger partial charge >= 0.3 is 0 Å². The molecule has 2 aromatic heterocycles. The van der Waals surface area contributed by atoms with Crippen LogP contribution in [0.3, 0.4) is 0 Å². The van der Waals surface area contributed by atoms with E-state index in [1.807, 2.05) is 0 Å². The summed E-state index contributed by atoms with van der Waals surface area (Å²) in [6, 6.07) is 0. The van der Waals surface area contributed by atoms with Crippen molar-refractivity contribution in [3.05, 3.63) is 22.1 Å².